The van der Waals surface area contributed by atoms with E-state index in [2.05, 4.69) is 12.2 Å². The summed E-state index contributed by atoms with van der Waals surface area (Å²) in [4.78, 5) is 18.1. The van der Waals surface area contributed by atoms with Gasteiger partial charge in [0, 0.05) is 18.1 Å². The van der Waals surface area contributed by atoms with Crippen LogP contribution in [0.4, 0.5) is 0 Å². The van der Waals surface area contributed by atoms with Crippen molar-refractivity contribution in [3.05, 3.63) is 0 Å². The third-order valence-electron chi connectivity index (χ3n) is 3.06. The topological polar surface area (TPSA) is 52.5 Å². The number of hydrogen-bond acceptors (Lipinski definition) is 3. The third-order valence-corrected chi connectivity index (χ3v) is 4.06. The van der Waals surface area contributed by atoms with Gasteiger partial charge in [-0.3, -0.25) is 0 Å². The lowest BCUT2D eigenvalue weighted by Crippen LogP contribution is -2.41. The van der Waals surface area contributed by atoms with Gasteiger partial charge in [-0.1, -0.05) is 26.2 Å². The van der Waals surface area contributed by atoms with E-state index in [4.69, 9.17) is 9.59 Å². The van der Waals surface area contributed by atoms with Crippen molar-refractivity contribution in [2.45, 2.75) is 63.6 Å². The van der Waals surface area contributed by atoms with E-state index in [0.717, 1.165) is 6.42 Å². The Morgan fingerprint density at radius 1 is 1.29 bits per heavy atom. The van der Waals surface area contributed by atoms with Crippen LogP contribution >= 0.6 is 0 Å². The van der Waals surface area contributed by atoms with Gasteiger partial charge in [0.15, 0.2) is 0 Å². The third kappa shape index (κ3) is 4.55. The van der Waals surface area contributed by atoms with Crippen molar-refractivity contribution in [3.8, 4) is 0 Å². The van der Waals surface area contributed by atoms with Crippen molar-refractivity contribution >= 4 is 9.28 Å². The molecule has 1 atom stereocenters. The highest BCUT2D eigenvalue weighted by Crippen LogP contribution is 2.18. The molecule has 0 aromatic carbocycles. The average molecular weight is 217 g/mol. The fourth-order valence-corrected chi connectivity index (χ4v) is 3.19. The van der Waals surface area contributed by atoms with Crippen molar-refractivity contribution in [1.29, 1.82) is 0 Å². The van der Waals surface area contributed by atoms with Gasteiger partial charge in [-0.05, 0) is 19.3 Å². The molecule has 0 saturated heterocycles. The molecular weight excluding hydrogens is 194 g/mol. The fraction of sp³-hybridized carbons (Fsp3) is 1.00. The molecule has 0 bridgehead atoms. The molecule has 1 rings (SSSR count). The standard InChI is InChI=1S/C10H23NO2Si/c1-2-9(8-14(12)13)11-10-6-4-3-5-7-10/h9-14H,2-8H2,1H3. The summed E-state index contributed by atoms with van der Waals surface area (Å²) in [5.74, 6) is 0. The van der Waals surface area contributed by atoms with Crippen LogP contribution in [-0.4, -0.2) is 31.0 Å². The molecule has 1 unspecified atom stereocenters. The van der Waals surface area contributed by atoms with Gasteiger partial charge in [-0.15, -0.1) is 0 Å². The zero-order valence-corrected chi connectivity index (χ0v) is 10.2. The van der Waals surface area contributed by atoms with Crippen molar-refractivity contribution < 1.29 is 9.59 Å². The second-order valence-corrected chi connectivity index (χ2v) is 5.76. The summed E-state index contributed by atoms with van der Waals surface area (Å²) in [5, 5.41) is 3.55. The van der Waals surface area contributed by atoms with E-state index in [0.29, 0.717) is 18.1 Å². The van der Waals surface area contributed by atoms with Gasteiger partial charge in [-0.2, -0.15) is 0 Å². The van der Waals surface area contributed by atoms with Crippen molar-refractivity contribution in [2.24, 2.45) is 0 Å². The first kappa shape index (κ1) is 12.2. The van der Waals surface area contributed by atoms with Crippen LogP contribution in [0, 0.1) is 0 Å². The maximum Gasteiger partial charge on any atom is 0.317 e. The molecule has 3 nitrogen and oxygen atoms in total. The molecule has 0 aromatic heterocycles. The molecule has 4 heteroatoms. The van der Waals surface area contributed by atoms with Gasteiger partial charge < -0.3 is 14.9 Å². The highest BCUT2D eigenvalue weighted by Gasteiger charge is 2.19. The molecule has 0 aromatic rings. The fourth-order valence-electron chi connectivity index (χ4n) is 2.21. The SMILES string of the molecule is CCC(C[SiH](O)O)NC1CCCCC1. The Balaban J connectivity index is 2.23. The van der Waals surface area contributed by atoms with Crippen molar-refractivity contribution in [2.75, 3.05) is 0 Å². The maximum atomic E-state index is 9.04. The molecule has 0 radical (unpaired) electrons. The van der Waals surface area contributed by atoms with Gasteiger partial charge in [-0.25, -0.2) is 0 Å². The molecule has 0 heterocycles. The Morgan fingerprint density at radius 2 is 1.93 bits per heavy atom. The van der Waals surface area contributed by atoms with Crippen LogP contribution in [0.3, 0.4) is 0 Å². The quantitative estimate of drug-likeness (QED) is 0.600. The summed E-state index contributed by atoms with van der Waals surface area (Å²) in [7, 11) is -2.38. The van der Waals surface area contributed by atoms with Gasteiger partial charge in [0.1, 0.15) is 0 Å². The first-order chi connectivity index (χ1) is 6.72. The van der Waals surface area contributed by atoms with E-state index >= 15 is 0 Å². The summed E-state index contributed by atoms with van der Waals surface area (Å²) in [6, 6.07) is 1.54. The summed E-state index contributed by atoms with van der Waals surface area (Å²) in [5.41, 5.74) is 0. The summed E-state index contributed by atoms with van der Waals surface area (Å²) >= 11 is 0. The molecule has 14 heavy (non-hydrogen) atoms. The minimum absolute atomic E-state index is 0.324. The Kier molecular flexibility index (Phi) is 5.70. The molecule has 3 N–H and O–H groups in total. The van der Waals surface area contributed by atoms with E-state index in [-0.39, 0.29) is 0 Å². The van der Waals surface area contributed by atoms with Crippen LogP contribution in [0.5, 0.6) is 0 Å². The summed E-state index contributed by atoms with van der Waals surface area (Å²) in [6.45, 7) is 2.11. The van der Waals surface area contributed by atoms with E-state index in [1.54, 1.807) is 0 Å². The zero-order valence-electron chi connectivity index (χ0n) is 9.08. The molecular formula is C10H23NO2Si. The lowest BCUT2D eigenvalue weighted by Gasteiger charge is -2.28. The number of hydrogen-bond donors (Lipinski definition) is 3. The molecule has 0 amide bonds. The van der Waals surface area contributed by atoms with Gasteiger partial charge >= 0.3 is 9.28 Å². The Hall–Kier alpha value is 0.0969. The van der Waals surface area contributed by atoms with Gasteiger partial charge in [0.05, 0.1) is 0 Å². The van der Waals surface area contributed by atoms with Gasteiger partial charge in [0.2, 0.25) is 0 Å². The minimum atomic E-state index is -2.38. The first-order valence-electron chi connectivity index (χ1n) is 5.84. The second-order valence-electron chi connectivity index (χ2n) is 4.32. The molecule has 0 aliphatic heterocycles. The lowest BCUT2D eigenvalue weighted by molar-refractivity contribution is 0.325. The molecule has 1 aliphatic rings. The van der Waals surface area contributed by atoms with E-state index in [1.165, 1.54) is 32.1 Å². The molecule has 1 saturated carbocycles. The van der Waals surface area contributed by atoms with Gasteiger partial charge in [0.25, 0.3) is 0 Å². The monoisotopic (exact) mass is 217 g/mol. The smallest absolute Gasteiger partial charge is 0.317 e. The van der Waals surface area contributed by atoms with Crippen molar-refractivity contribution in [3.63, 3.8) is 0 Å². The number of rotatable bonds is 5. The van der Waals surface area contributed by atoms with Crippen LogP contribution in [0.1, 0.15) is 45.4 Å². The highest BCUT2D eigenvalue weighted by atomic mass is 28.3. The predicted molar refractivity (Wildman–Crippen MR) is 60.5 cm³/mol. The van der Waals surface area contributed by atoms with Crippen LogP contribution < -0.4 is 5.32 Å². The Morgan fingerprint density at radius 3 is 2.43 bits per heavy atom. The van der Waals surface area contributed by atoms with Crippen LogP contribution in [-0.2, 0) is 0 Å². The second kappa shape index (κ2) is 6.56. The normalized spacial score (nSPS) is 21.4. The minimum Gasteiger partial charge on any atom is -0.413 e. The summed E-state index contributed by atoms with van der Waals surface area (Å²) in [6.07, 6.45) is 7.55. The van der Waals surface area contributed by atoms with Crippen molar-refractivity contribution in [1.82, 2.24) is 5.32 Å². The Labute approximate surface area is 88.4 Å². The maximum absolute atomic E-state index is 9.04. The Bertz CT molecular complexity index is 149. The predicted octanol–water partition coefficient (Wildman–Crippen LogP) is 0.892. The van der Waals surface area contributed by atoms with E-state index < -0.39 is 9.28 Å². The molecule has 1 fully saturated rings. The van der Waals surface area contributed by atoms with Crippen LogP contribution in [0.15, 0.2) is 0 Å². The summed E-state index contributed by atoms with van der Waals surface area (Å²) < 4.78 is 0. The van der Waals surface area contributed by atoms with E-state index in [9.17, 15) is 0 Å². The molecule has 0 spiro atoms. The molecule has 1 aliphatic carbocycles. The van der Waals surface area contributed by atoms with Crippen LogP contribution in [0.2, 0.25) is 6.04 Å². The highest BCUT2D eigenvalue weighted by molar-refractivity contribution is 6.41. The first-order valence-corrected chi connectivity index (χ1v) is 7.69. The number of nitrogens with one attached hydrogen (secondary N) is 1. The van der Waals surface area contributed by atoms with Crippen LogP contribution in [0.25, 0.3) is 0 Å². The lowest BCUT2D eigenvalue weighted by atomic mass is 9.95. The average Bonchev–Trinajstić information content (AvgIpc) is 2.17. The van der Waals surface area contributed by atoms with E-state index in [1.807, 2.05) is 0 Å². The molecule has 84 valence electrons. The largest absolute Gasteiger partial charge is 0.413 e. The zero-order chi connectivity index (χ0) is 10.4.